The fraction of sp³-hybridized carbons (Fsp3) is 0.324. The predicted octanol–water partition coefficient (Wildman–Crippen LogP) is 21.3. The molecule has 0 bridgehead atoms. The molecule has 3 amide bonds. The van der Waals surface area contributed by atoms with Gasteiger partial charge in [-0.3, -0.25) is 79.6 Å². The molecule has 11 N–H and O–H groups in total. The SMILES string of the molecule is CC(C)(C)C(=O)Nc1cncc(-c2ccc3[nH]nc(-c4nc5c(N6CCCCC6)cncc5[nH]4)c3c2)c1.CCCC(=O)Nc1cncc(-c2ccc3[nH]nc(-c4nc5c(N6CCCCC6)cncc5[nH]4)c3c2)c1.O=C(Nc1cncc(-c2ccc3[nH]nc(-c4nc5c(N6CCCCC6)cncc5[nH]4)c3c2)c1)C1CCC1.c1ncc(-c2ccc3[nH]nc(-c4nc5c(N6CCCCC6)cncc5[nH]4)c3c2)cc1CN1CCCC1. The Bertz CT molecular complexity index is 8180. The molecule has 5 saturated heterocycles. The summed E-state index contributed by atoms with van der Waals surface area (Å²) in [5, 5.41) is 43.9. The zero-order valence-electron chi connectivity index (χ0n) is 82.4. The highest BCUT2D eigenvalue weighted by molar-refractivity contribution is 6.04. The minimum Gasteiger partial charge on any atom is -0.368 e. The van der Waals surface area contributed by atoms with Gasteiger partial charge in [-0.2, -0.15) is 20.4 Å². The van der Waals surface area contributed by atoms with Crippen LogP contribution in [0.4, 0.5) is 39.8 Å². The maximum Gasteiger partial charge on any atom is 0.229 e. The Balaban J connectivity index is 0.000000107. The number of aromatic amines is 8. The summed E-state index contributed by atoms with van der Waals surface area (Å²) in [6, 6.07) is 32.9. The molecule has 16 aromatic heterocycles. The van der Waals surface area contributed by atoms with Crippen LogP contribution >= 0.6 is 0 Å². The molecule has 738 valence electrons. The normalized spacial score (nSPS) is 15.4. The number of nitrogens with zero attached hydrogens (tertiary/aromatic N) is 21. The number of hydrogen-bond acceptors (Lipinski definition) is 24. The van der Waals surface area contributed by atoms with Gasteiger partial charge in [0.05, 0.1) is 152 Å². The number of rotatable bonds is 20. The van der Waals surface area contributed by atoms with Crippen molar-refractivity contribution in [3.8, 4) is 90.6 Å². The van der Waals surface area contributed by atoms with Crippen molar-refractivity contribution in [3.05, 3.63) is 202 Å². The van der Waals surface area contributed by atoms with Gasteiger partial charge in [0.15, 0.2) is 23.3 Å². The van der Waals surface area contributed by atoms with E-state index in [-0.39, 0.29) is 23.6 Å². The van der Waals surface area contributed by atoms with E-state index in [2.05, 4.69) is 184 Å². The fourth-order valence-electron chi connectivity index (χ4n) is 20.7. The monoisotopic (exact) mass is 1940 g/mol. The smallest absolute Gasteiger partial charge is 0.229 e. The number of H-pyrrole nitrogens is 8. The van der Waals surface area contributed by atoms with Crippen LogP contribution in [0.3, 0.4) is 0 Å². The second-order valence-corrected chi connectivity index (χ2v) is 40.2. The third-order valence-electron chi connectivity index (χ3n) is 28.8. The highest BCUT2D eigenvalue weighted by Gasteiger charge is 2.30. The van der Waals surface area contributed by atoms with Crippen molar-refractivity contribution >= 4 is 145 Å². The molecule has 26 rings (SSSR count). The number of imidazole rings is 4. The number of aromatic nitrogens is 24. The lowest BCUT2D eigenvalue weighted by molar-refractivity contribution is -0.123. The van der Waals surface area contributed by atoms with E-state index in [1.165, 1.54) is 109 Å². The predicted molar refractivity (Wildman–Crippen MR) is 575 cm³/mol. The standard InChI is InChI=1S/C28H28N8O.C28H30N8O.C28H30N8.C27H28N8O/c37-28(17-5-4-6-17)31-20-11-19(13-29-14-20)18-7-8-22-21(12-18)25(35-34-22)27-32-23-15-30-16-24(26(23)33-27)36-9-2-1-3-10-36;1-28(2,3)27(37)31-19-11-18(13-29-14-19)17-7-8-21-20(12-17)24(35-34-21)26-32-22-15-30-16-23(25(22)33-26)36-9-5-4-6-10-36;1-2-10-36(11-3-1)25-17-30-16-24-27(25)32-28(31-24)26-22-13-20(6-7-23(22)33-34-26)21-12-19(14-29-15-21)18-35-8-4-5-9-35;1-2-6-24(36)30-19-11-18(13-28-14-19)17-7-8-21-20(12-17)25(34-33-21)27-31-22-15-29-16-23(26(22)32-27)35-9-4-3-5-10-35/h7-8,11-17H,1-6,9-10H2,(H,31,37)(H,32,33)(H,34,35);7-8,11-16H,4-6,9-10H2,1-3H3,(H,31,37)(H,32,33)(H,34,35);6-7,12-17H,1-5,8-11,18H2,(H,31,32)(H,33,34);7-8,11-16H,2-6,9-10H2,1H3,(H,30,36)(H,31,32)(H,33,34). The van der Waals surface area contributed by atoms with Crippen molar-refractivity contribution in [1.82, 2.24) is 125 Å². The average Bonchev–Trinajstić information content (AvgIpc) is 1.62. The van der Waals surface area contributed by atoms with E-state index in [9.17, 15) is 14.4 Å². The van der Waals surface area contributed by atoms with Crippen LogP contribution in [-0.4, -0.2) is 209 Å². The van der Waals surface area contributed by atoms with E-state index in [0.717, 1.165) is 274 Å². The van der Waals surface area contributed by atoms with Gasteiger partial charge in [-0.25, -0.2) is 19.9 Å². The summed E-state index contributed by atoms with van der Waals surface area (Å²) in [6.07, 6.45) is 51.1. The zero-order chi connectivity index (χ0) is 98.7. The number of likely N-dealkylation sites (tertiary alicyclic amines) is 1. The minimum atomic E-state index is -0.490. The van der Waals surface area contributed by atoms with E-state index >= 15 is 0 Å². The van der Waals surface area contributed by atoms with Gasteiger partial charge in [0, 0.05) is 151 Å². The molecule has 6 aliphatic rings. The van der Waals surface area contributed by atoms with E-state index in [1.807, 2.05) is 150 Å². The maximum absolute atomic E-state index is 12.5. The summed E-state index contributed by atoms with van der Waals surface area (Å²) in [5.74, 6) is 3.04. The van der Waals surface area contributed by atoms with Gasteiger partial charge in [0.25, 0.3) is 0 Å². The van der Waals surface area contributed by atoms with Gasteiger partial charge in [-0.1, -0.05) is 58.4 Å². The molecule has 1 aliphatic carbocycles. The first-order valence-electron chi connectivity index (χ1n) is 51.3. The van der Waals surface area contributed by atoms with Gasteiger partial charge >= 0.3 is 0 Å². The van der Waals surface area contributed by atoms with E-state index in [0.29, 0.717) is 35.3 Å². The lowest BCUT2D eigenvalue weighted by Crippen LogP contribution is -2.29. The van der Waals surface area contributed by atoms with Crippen molar-refractivity contribution in [1.29, 1.82) is 0 Å². The van der Waals surface area contributed by atoms with Crippen molar-refractivity contribution in [3.63, 3.8) is 0 Å². The number of piperidine rings is 4. The number of nitrogens with one attached hydrogen (secondary N) is 11. The van der Waals surface area contributed by atoms with Gasteiger partial charge in [0.2, 0.25) is 17.7 Å². The Morgan fingerprint density at radius 1 is 0.322 bits per heavy atom. The number of hydrogen-bond donors (Lipinski definition) is 11. The number of anilines is 7. The topological polar surface area (TPSA) is 436 Å². The Labute approximate surface area is 841 Å². The van der Waals surface area contributed by atoms with Crippen LogP contribution in [-0.2, 0) is 20.9 Å². The molecule has 146 heavy (non-hydrogen) atoms. The third-order valence-corrected chi connectivity index (χ3v) is 28.8. The van der Waals surface area contributed by atoms with Crippen LogP contribution in [0.5, 0.6) is 0 Å². The quantitative estimate of drug-likeness (QED) is 0.0337. The molecule has 6 fully saturated rings. The summed E-state index contributed by atoms with van der Waals surface area (Å²) in [4.78, 5) is 118. The lowest BCUT2D eigenvalue weighted by atomic mass is 9.85. The number of amides is 3. The number of carbonyl (C=O) groups is 3. The van der Waals surface area contributed by atoms with E-state index < -0.39 is 5.41 Å². The van der Waals surface area contributed by atoms with Crippen molar-refractivity contribution in [2.75, 3.05) is 101 Å². The third kappa shape index (κ3) is 19.7. The van der Waals surface area contributed by atoms with Gasteiger partial charge in [-0.05, 0) is 223 Å². The largest absolute Gasteiger partial charge is 0.368 e. The molecule has 1 saturated carbocycles. The molecule has 0 spiro atoms. The molecule has 0 unspecified atom stereocenters. The van der Waals surface area contributed by atoms with E-state index in [1.54, 1.807) is 31.0 Å². The average molecular weight is 1950 g/mol. The van der Waals surface area contributed by atoms with Gasteiger partial charge in [-0.15, -0.1) is 0 Å². The molecule has 0 atom stereocenters. The van der Waals surface area contributed by atoms with Crippen molar-refractivity contribution in [2.24, 2.45) is 11.3 Å². The van der Waals surface area contributed by atoms with Crippen molar-refractivity contribution < 1.29 is 14.4 Å². The molecule has 20 aromatic rings. The fourth-order valence-corrected chi connectivity index (χ4v) is 20.7. The molecule has 21 heterocycles. The summed E-state index contributed by atoms with van der Waals surface area (Å²) in [5.41, 5.74) is 29.4. The molecule has 5 aliphatic heterocycles. The van der Waals surface area contributed by atoms with Crippen LogP contribution in [0, 0.1) is 11.3 Å². The van der Waals surface area contributed by atoms with Crippen LogP contribution in [0.15, 0.2) is 196 Å². The van der Waals surface area contributed by atoms with Crippen LogP contribution in [0.1, 0.15) is 155 Å². The molecule has 4 aromatic carbocycles. The van der Waals surface area contributed by atoms with Crippen LogP contribution in [0.2, 0.25) is 0 Å². The number of pyridine rings is 8. The lowest BCUT2D eigenvalue weighted by Gasteiger charge is -2.28. The Morgan fingerprint density at radius 2 is 0.630 bits per heavy atom. The zero-order valence-corrected chi connectivity index (χ0v) is 82.4. The first kappa shape index (κ1) is 93.1. The second-order valence-electron chi connectivity index (χ2n) is 40.2. The first-order chi connectivity index (χ1) is 71.6. The number of benzene rings is 4. The van der Waals surface area contributed by atoms with E-state index in [4.69, 9.17) is 19.9 Å². The molecule has 35 nitrogen and oxygen atoms in total. The maximum atomic E-state index is 12.5. The van der Waals surface area contributed by atoms with Crippen LogP contribution in [0.25, 0.3) is 178 Å². The summed E-state index contributed by atoms with van der Waals surface area (Å²) >= 11 is 0. The Hall–Kier alpha value is -16.6. The number of fused-ring (bicyclic) bond motifs is 8. The highest BCUT2D eigenvalue weighted by Crippen LogP contribution is 2.42. The summed E-state index contributed by atoms with van der Waals surface area (Å²) in [7, 11) is 0. The van der Waals surface area contributed by atoms with Gasteiger partial charge < -0.3 is 55.5 Å². The first-order valence-corrected chi connectivity index (χ1v) is 51.3. The minimum absolute atomic E-state index is 0.00711. The van der Waals surface area contributed by atoms with Crippen LogP contribution < -0.4 is 35.6 Å². The van der Waals surface area contributed by atoms with Crippen molar-refractivity contribution in [2.45, 2.75) is 156 Å². The molecule has 0 radical (unpaired) electrons. The number of carbonyl (C=O) groups excluding carboxylic acids is 3. The second kappa shape index (κ2) is 41.0. The summed E-state index contributed by atoms with van der Waals surface area (Å²) in [6.45, 7) is 19.3. The summed E-state index contributed by atoms with van der Waals surface area (Å²) < 4.78 is 0. The molecule has 35 heteroatoms. The Morgan fingerprint density at radius 3 is 0.952 bits per heavy atom. The highest BCUT2D eigenvalue weighted by atomic mass is 16.2. The molecular weight excluding hydrogens is 1830 g/mol. The Kier molecular flexibility index (Phi) is 26.2. The molecular formula is C111H116N32O3. The van der Waals surface area contributed by atoms with Gasteiger partial charge in [0.1, 0.15) is 44.8 Å².